The van der Waals surface area contributed by atoms with Gasteiger partial charge in [0.15, 0.2) is 0 Å². The summed E-state index contributed by atoms with van der Waals surface area (Å²) in [6.45, 7) is 3.72. The number of aromatic nitrogens is 2. The number of nitrogens with zero attached hydrogens (tertiary/aromatic N) is 2. The third kappa shape index (κ3) is 2.15. The summed E-state index contributed by atoms with van der Waals surface area (Å²) >= 11 is 0. The Kier molecular flexibility index (Phi) is 3.09. The quantitative estimate of drug-likeness (QED) is 0.779. The largest absolute Gasteiger partial charge is 0.364 e. The van der Waals surface area contributed by atoms with Crippen LogP contribution in [0.2, 0.25) is 0 Å². The summed E-state index contributed by atoms with van der Waals surface area (Å²) in [5.41, 5.74) is 4.85. The second-order valence-electron chi connectivity index (χ2n) is 4.74. The maximum absolute atomic E-state index is 4.82. The molecule has 0 aliphatic rings. The molecule has 0 atom stereocenters. The van der Waals surface area contributed by atoms with Crippen LogP contribution in [0.1, 0.15) is 17.0 Å². The fraction of sp³-hybridized carbons (Fsp3) is 0.267. The molecule has 0 saturated heterocycles. The molecule has 0 unspecified atom stereocenters. The topological polar surface area (TPSA) is 43.0 Å². The highest BCUT2D eigenvalue weighted by Crippen LogP contribution is 2.24. The van der Waals surface area contributed by atoms with Gasteiger partial charge in [0, 0.05) is 42.8 Å². The summed E-state index contributed by atoms with van der Waals surface area (Å²) in [5, 5.41) is 8.62. The van der Waals surface area contributed by atoms with Crippen molar-refractivity contribution in [2.24, 2.45) is 7.05 Å². The molecule has 2 heterocycles. The summed E-state index contributed by atoms with van der Waals surface area (Å²) in [4.78, 5) is 0. The summed E-state index contributed by atoms with van der Waals surface area (Å²) < 4.78 is 7.07. The first kappa shape index (κ1) is 12.0. The van der Waals surface area contributed by atoms with Crippen LogP contribution >= 0.6 is 0 Å². The van der Waals surface area contributed by atoms with E-state index in [0.717, 1.165) is 18.8 Å². The van der Waals surface area contributed by atoms with Gasteiger partial charge in [-0.15, -0.1) is 0 Å². The average molecular weight is 255 g/mol. The molecule has 4 heteroatoms. The van der Waals surface area contributed by atoms with E-state index in [1.807, 2.05) is 6.07 Å². The first-order valence-electron chi connectivity index (χ1n) is 6.40. The SMILES string of the molecule is Cc1c(CNCc2ccon2)n(C)c2ccccc12. The smallest absolute Gasteiger partial charge is 0.124 e. The second kappa shape index (κ2) is 4.90. The Labute approximate surface area is 112 Å². The first-order chi connectivity index (χ1) is 9.27. The third-order valence-electron chi connectivity index (χ3n) is 3.60. The number of nitrogens with one attached hydrogen (secondary N) is 1. The van der Waals surface area contributed by atoms with Gasteiger partial charge in [-0.25, -0.2) is 0 Å². The van der Waals surface area contributed by atoms with Crippen molar-refractivity contribution < 1.29 is 4.52 Å². The number of para-hydroxylation sites is 1. The Morgan fingerprint density at radius 3 is 2.79 bits per heavy atom. The fourth-order valence-electron chi connectivity index (χ4n) is 2.52. The molecule has 0 amide bonds. The minimum Gasteiger partial charge on any atom is -0.364 e. The van der Waals surface area contributed by atoms with Crippen molar-refractivity contribution in [2.75, 3.05) is 0 Å². The summed E-state index contributed by atoms with van der Waals surface area (Å²) in [6, 6.07) is 10.4. The van der Waals surface area contributed by atoms with Crippen LogP contribution in [0.4, 0.5) is 0 Å². The first-order valence-corrected chi connectivity index (χ1v) is 6.40. The van der Waals surface area contributed by atoms with E-state index in [2.05, 4.69) is 53.3 Å². The third-order valence-corrected chi connectivity index (χ3v) is 3.60. The van der Waals surface area contributed by atoms with Crippen molar-refractivity contribution in [3.05, 3.63) is 53.5 Å². The lowest BCUT2D eigenvalue weighted by molar-refractivity contribution is 0.408. The Balaban J connectivity index is 1.81. The van der Waals surface area contributed by atoms with E-state index in [0.29, 0.717) is 0 Å². The molecular formula is C15H17N3O. The highest BCUT2D eigenvalue weighted by Gasteiger charge is 2.10. The number of benzene rings is 1. The van der Waals surface area contributed by atoms with Crippen molar-refractivity contribution in [3.63, 3.8) is 0 Å². The molecule has 3 aromatic rings. The van der Waals surface area contributed by atoms with E-state index in [9.17, 15) is 0 Å². The number of fused-ring (bicyclic) bond motifs is 1. The number of aryl methyl sites for hydroxylation is 2. The van der Waals surface area contributed by atoms with Crippen molar-refractivity contribution in [2.45, 2.75) is 20.0 Å². The van der Waals surface area contributed by atoms with E-state index in [1.165, 1.54) is 22.2 Å². The lowest BCUT2D eigenvalue weighted by Crippen LogP contribution is -2.15. The minimum absolute atomic E-state index is 0.720. The molecule has 2 aromatic heterocycles. The standard InChI is InChI=1S/C15H17N3O/c1-11-13-5-3-4-6-14(13)18(2)15(11)10-16-9-12-7-8-19-17-12/h3-8,16H,9-10H2,1-2H3. The van der Waals surface area contributed by atoms with Crippen LogP contribution < -0.4 is 5.32 Å². The van der Waals surface area contributed by atoms with Crippen molar-refractivity contribution >= 4 is 10.9 Å². The predicted molar refractivity (Wildman–Crippen MR) is 74.7 cm³/mol. The van der Waals surface area contributed by atoms with Crippen molar-refractivity contribution in [1.29, 1.82) is 0 Å². The lowest BCUT2D eigenvalue weighted by atomic mass is 10.1. The number of rotatable bonds is 4. The summed E-state index contributed by atoms with van der Waals surface area (Å²) in [6.07, 6.45) is 1.60. The van der Waals surface area contributed by atoms with Crippen LogP contribution in [0.25, 0.3) is 10.9 Å². The van der Waals surface area contributed by atoms with E-state index in [4.69, 9.17) is 4.52 Å². The predicted octanol–water partition coefficient (Wildman–Crippen LogP) is 2.76. The summed E-state index contributed by atoms with van der Waals surface area (Å²) in [5.74, 6) is 0. The summed E-state index contributed by atoms with van der Waals surface area (Å²) in [7, 11) is 2.11. The molecule has 0 aliphatic heterocycles. The molecule has 98 valence electrons. The molecule has 0 fully saturated rings. The van der Waals surface area contributed by atoms with Gasteiger partial charge in [-0.3, -0.25) is 0 Å². The van der Waals surface area contributed by atoms with Gasteiger partial charge in [0.1, 0.15) is 6.26 Å². The van der Waals surface area contributed by atoms with E-state index < -0.39 is 0 Å². The molecule has 0 aliphatic carbocycles. The molecule has 0 saturated carbocycles. The molecule has 19 heavy (non-hydrogen) atoms. The molecule has 0 bridgehead atoms. The maximum Gasteiger partial charge on any atom is 0.124 e. The number of hydrogen-bond acceptors (Lipinski definition) is 3. The van der Waals surface area contributed by atoms with Crippen molar-refractivity contribution in [1.82, 2.24) is 15.0 Å². The van der Waals surface area contributed by atoms with Gasteiger partial charge in [-0.05, 0) is 18.6 Å². The molecule has 0 spiro atoms. The van der Waals surface area contributed by atoms with Gasteiger partial charge in [-0.1, -0.05) is 23.4 Å². The Hall–Kier alpha value is -2.07. The van der Waals surface area contributed by atoms with Gasteiger partial charge >= 0.3 is 0 Å². The van der Waals surface area contributed by atoms with Crippen LogP contribution in [0.3, 0.4) is 0 Å². The Morgan fingerprint density at radius 2 is 2.05 bits per heavy atom. The normalized spacial score (nSPS) is 11.3. The van der Waals surface area contributed by atoms with Crippen LogP contribution in [0.15, 0.2) is 41.1 Å². The maximum atomic E-state index is 4.82. The van der Waals surface area contributed by atoms with E-state index >= 15 is 0 Å². The molecule has 4 nitrogen and oxygen atoms in total. The van der Waals surface area contributed by atoms with E-state index in [-0.39, 0.29) is 0 Å². The van der Waals surface area contributed by atoms with Gasteiger partial charge in [0.05, 0.1) is 5.69 Å². The zero-order valence-electron chi connectivity index (χ0n) is 11.2. The second-order valence-corrected chi connectivity index (χ2v) is 4.74. The zero-order chi connectivity index (χ0) is 13.2. The van der Waals surface area contributed by atoms with Gasteiger partial charge in [0.25, 0.3) is 0 Å². The van der Waals surface area contributed by atoms with Crippen LogP contribution in [-0.2, 0) is 20.1 Å². The molecule has 3 rings (SSSR count). The van der Waals surface area contributed by atoms with Gasteiger partial charge < -0.3 is 14.4 Å². The van der Waals surface area contributed by atoms with Crippen LogP contribution in [-0.4, -0.2) is 9.72 Å². The Bertz CT molecular complexity index is 644. The van der Waals surface area contributed by atoms with Crippen molar-refractivity contribution in [3.8, 4) is 0 Å². The molecule has 0 radical (unpaired) electrons. The van der Waals surface area contributed by atoms with E-state index in [1.54, 1.807) is 6.26 Å². The molecule has 1 N–H and O–H groups in total. The lowest BCUT2D eigenvalue weighted by Gasteiger charge is -2.06. The highest BCUT2D eigenvalue weighted by atomic mass is 16.5. The monoisotopic (exact) mass is 255 g/mol. The number of hydrogen-bond donors (Lipinski definition) is 1. The van der Waals surface area contributed by atoms with Gasteiger partial charge in [0.2, 0.25) is 0 Å². The highest BCUT2D eigenvalue weighted by molar-refractivity contribution is 5.85. The fourth-order valence-corrected chi connectivity index (χ4v) is 2.52. The van der Waals surface area contributed by atoms with Gasteiger partial charge in [-0.2, -0.15) is 0 Å². The molecule has 1 aromatic carbocycles. The molecular weight excluding hydrogens is 238 g/mol. The van der Waals surface area contributed by atoms with Crippen LogP contribution in [0.5, 0.6) is 0 Å². The zero-order valence-corrected chi connectivity index (χ0v) is 11.2. The van der Waals surface area contributed by atoms with Crippen LogP contribution in [0, 0.1) is 6.92 Å². The average Bonchev–Trinajstić information content (AvgIpc) is 3.02. The Morgan fingerprint density at radius 1 is 1.21 bits per heavy atom. The minimum atomic E-state index is 0.720.